The largest absolute Gasteiger partial charge is 0.489 e. The third-order valence-electron chi connectivity index (χ3n) is 3.70. The molecule has 0 amide bonds. The molecule has 26 heavy (non-hydrogen) atoms. The number of carboxylic acids is 1. The summed E-state index contributed by atoms with van der Waals surface area (Å²) in [5.41, 5.74) is -0.312. The molecule has 4 nitrogen and oxygen atoms in total. The predicted octanol–water partition coefficient (Wildman–Crippen LogP) is 4.71. The van der Waals surface area contributed by atoms with Crippen molar-refractivity contribution in [2.75, 3.05) is 0 Å². The Morgan fingerprint density at radius 2 is 1.92 bits per heavy atom. The molecule has 0 saturated heterocycles. The zero-order valence-corrected chi connectivity index (χ0v) is 13.8. The maximum atomic E-state index is 13.1. The van der Waals surface area contributed by atoms with Gasteiger partial charge >= 0.3 is 12.1 Å². The van der Waals surface area contributed by atoms with Gasteiger partial charge in [0.15, 0.2) is 0 Å². The van der Waals surface area contributed by atoms with Crippen LogP contribution in [0.15, 0.2) is 48.0 Å². The normalized spacial score (nSPS) is 16.3. The summed E-state index contributed by atoms with van der Waals surface area (Å²) in [5.74, 6) is -1.23. The monoisotopic (exact) mass is 384 g/mol. The minimum atomic E-state index is -4.86. The number of hydrogen-bond acceptors (Lipinski definition) is 3. The molecule has 1 aliphatic heterocycles. The molecule has 0 fully saturated rings. The average molecular weight is 385 g/mol. The van der Waals surface area contributed by atoms with Crippen LogP contribution in [0, 0.1) is 0 Å². The van der Waals surface area contributed by atoms with E-state index in [9.17, 15) is 18.0 Å². The number of carboxylic acid groups (broad SMARTS) is 1. The fourth-order valence-electron chi connectivity index (χ4n) is 2.46. The van der Waals surface area contributed by atoms with Crippen molar-refractivity contribution in [3.05, 3.63) is 64.2 Å². The van der Waals surface area contributed by atoms with E-state index in [2.05, 4.69) is 0 Å². The second kappa shape index (κ2) is 6.92. The second-order valence-electron chi connectivity index (χ2n) is 5.53. The summed E-state index contributed by atoms with van der Waals surface area (Å²) in [6.07, 6.45) is -6.48. The SMILES string of the molecule is O=C(O)C1=Cc2cc(Cl)c(COc3ccccc3)cc2OC1C(F)(F)F. The molecule has 1 heterocycles. The number of ether oxygens (including phenoxy) is 2. The number of rotatable bonds is 4. The molecule has 1 N–H and O–H groups in total. The minimum Gasteiger partial charge on any atom is -0.489 e. The number of benzene rings is 2. The van der Waals surface area contributed by atoms with Gasteiger partial charge in [-0.1, -0.05) is 29.8 Å². The van der Waals surface area contributed by atoms with Gasteiger partial charge < -0.3 is 14.6 Å². The minimum absolute atomic E-state index is 0.0195. The standard InChI is InChI=1S/C18H12ClF3O4/c19-14-7-10-6-13(17(23)24)16(18(20,21)22)26-15(10)8-11(14)9-25-12-4-2-1-3-5-12/h1-8,16H,9H2,(H,23,24). The number of fused-ring (bicyclic) bond motifs is 1. The van der Waals surface area contributed by atoms with Crippen LogP contribution in [0.4, 0.5) is 13.2 Å². The number of hydrogen-bond donors (Lipinski definition) is 1. The highest BCUT2D eigenvalue weighted by Gasteiger charge is 2.48. The van der Waals surface area contributed by atoms with E-state index >= 15 is 0 Å². The van der Waals surface area contributed by atoms with Crippen molar-refractivity contribution in [2.45, 2.75) is 18.9 Å². The summed E-state index contributed by atoms with van der Waals surface area (Å²) in [6.45, 7) is 0.0195. The highest BCUT2D eigenvalue weighted by molar-refractivity contribution is 6.31. The molecule has 0 saturated carbocycles. The van der Waals surface area contributed by atoms with Gasteiger partial charge in [0.05, 0.1) is 5.57 Å². The summed E-state index contributed by atoms with van der Waals surface area (Å²) < 4.78 is 49.8. The first kappa shape index (κ1) is 18.1. The summed E-state index contributed by atoms with van der Waals surface area (Å²) in [4.78, 5) is 11.1. The maximum Gasteiger partial charge on any atom is 0.430 e. The quantitative estimate of drug-likeness (QED) is 0.829. The molecule has 0 aliphatic carbocycles. The summed E-state index contributed by atoms with van der Waals surface area (Å²) >= 11 is 6.15. The zero-order chi connectivity index (χ0) is 18.9. The Kier molecular flexibility index (Phi) is 4.82. The van der Waals surface area contributed by atoms with Crippen LogP contribution in [0.3, 0.4) is 0 Å². The van der Waals surface area contributed by atoms with Crippen LogP contribution < -0.4 is 9.47 Å². The van der Waals surface area contributed by atoms with Crippen LogP contribution in [0.2, 0.25) is 5.02 Å². The molecule has 136 valence electrons. The fraction of sp³-hybridized carbons (Fsp3) is 0.167. The third kappa shape index (κ3) is 3.77. The second-order valence-corrected chi connectivity index (χ2v) is 5.93. The van der Waals surface area contributed by atoms with Gasteiger partial charge in [-0.2, -0.15) is 13.2 Å². The van der Waals surface area contributed by atoms with Gasteiger partial charge in [-0.3, -0.25) is 0 Å². The maximum absolute atomic E-state index is 13.1. The van der Waals surface area contributed by atoms with Crippen LogP contribution in [-0.4, -0.2) is 23.4 Å². The van der Waals surface area contributed by atoms with Crippen LogP contribution in [0.5, 0.6) is 11.5 Å². The first-order valence-corrected chi connectivity index (χ1v) is 7.82. The molecule has 0 radical (unpaired) electrons. The Morgan fingerprint density at radius 1 is 1.23 bits per heavy atom. The van der Waals surface area contributed by atoms with Crippen LogP contribution in [0.25, 0.3) is 6.08 Å². The number of para-hydroxylation sites is 1. The van der Waals surface area contributed by atoms with Crippen molar-refractivity contribution in [1.82, 2.24) is 0 Å². The summed E-state index contributed by atoms with van der Waals surface area (Å²) in [6, 6.07) is 11.5. The number of halogens is 4. The lowest BCUT2D eigenvalue weighted by Gasteiger charge is -2.27. The first-order chi connectivity index (χ1) is 12.3. The molecule has 1 unspecified atom stereocenters. The Morgan fingerprint density at radius 3 is 2.54 bits per heavy atom. The van der Waals surface area contributed by atoms with Gasteiger partial charge in [-0.15, -0.1) is 0 Å². The van der Waals surface area contributed by atoms with Crippen molar-refractivity contribution in [3.8, 4) is 11.5 Å². The summed E-state index contributed by atoms with van der Waals surface area (Å²) in [5, 5.41) is 9.26. The van der Waals surface area contributed by atoms with Crippen LogP contribution >= 0.6 is 11.6 Å². The molecular formula is C18H12ClF3O4. The lowest BCUT2D eigenvalue weighted by Crippen LogP contribution is -2.40. The van der Waals surface area contributed by atoms with Gasteiger partial charge in [0.25, 0.3) is 0 Å². The van der Waals surface area contributed by atoms with E-state index in [1.54, 1.807) is 24.3 Å². The Balaban J connectivity index is 1.91. The highest BCUT2D eigenvalue weighted by atomic mass is 35.5. The zero-order valence-electron chi connectivity index (χ0n) is 13.1. The molecular weight excluding hydrogens is 373 g/mol. The van der Waals surface area contributed by atoms with Crippen LogP contribution in [0.1, 0.15) is 11.1 Å². The Hall–Kier alpha value is -2.67. The Labute approximate surface area is 151 Å². The molecule has 1 atom stereocenters. The molecule has 3 rings (SSSR count). The number of aliphatic carboxylic acids is 1. The number of carbonyl (C=O) groups is 1. The molecule has 8 heteroatoms. The van der Waals surface area contributed by atoms with E-state index in [4.69, 9.17) is 26.2 Å². The van der Waals surface area contributed by atoms with Gasteiger partial charge in [0, 0.05) is 16.1 Å². The van der Waals surface area contributed by atoms with E-state index in [0.717, 1.165) is 6.08 Å². The van der Waals surface area contributed by atoms with Gasteiger partial charge in [0.2, 0.25) is 6.10 Å². The molecule has 0 bridgehead atoms. The highest BCUT2D eigenvalue weighted by Crippen LogP contribution is 2.39. The van der Waals surface area contributed by atoms with E-state index in [-0.39, 0.29) is 22.9 Å². The average Bonchev–Trinajstić information content (AvgIpc) is 2.59. The van der Waals surface area contributed by atoms with Gasteiger partial charge in [0.1, 0.15) is 18.1 Å². The predicted molar refractivity (Wildman–Crippen MR) is 88.3 cm³/mol. The van der Waals surface area contributed by atoms with Crippen molar-refractivity contribution < 1.29 is 32.5 Å². The molecule has 1 aliphatic rings. The fourth-order valence-corrected chi connectivity index (χ4v) is 2.69. The van der Waals surface area contributed by atoms with E-state index in [0.29, 0.717) is 11.3 Å². The van der Waals surface area contributed by atoms with Crippen LogP contribution in [-0.2, 0) is 11.4 Å². The van der Waals surface area contributed by atoms with Crippen molar-refractivity contribution in [2.24, 2.45) is 0 Å². The smallest absolute Gasteiger partial charge is 0.430 e. The first-order valence-electron chi connectivity index (χ1n) is 7.44. The number of alkyl halides is 3. The Bertz CT molecular complexity index is 863. The topological polar surface area (TPSA) is 55.8 Å². The molecule has 2 aromatic carbocycles. The van der Waals surface area contributed by atoms with Crippen molar-refractivity contribution >= 4 is 23.6 Å². The third-order valence-corrected chi connectivity index (χ3v) is 4.05. The lowest BCUT2D eigenvalue weighted by molar-refractivity contribution is -0.187. The van der Waals surface area contributed by atoms with Gasteiger partial charge in [-0.25, -0.2) is 4.79 Å². The summed E-state index contributed by atoms with van der Waals surface area (Å²) in [7, 11) is 0. The van der Waals surface area contributed by atoms with E-state index in [1.807, 2.05) is 6.07 Å². The van der Waals surface area contributed by atoms with E-state index < -0.39 is 23.8 Å². The molecule has 0 spiro atoms. The van der Waals surface area contributed by atoms with Gasteiger partial charge in [-0.05, 0) is 30.3 Å². The molecule has 2 aromatic rings. The van der Waals surface area contributed by atoms with E-state index in [1.165, 1.54) is 12.1 Å². The van der Waals surface area contributed by atoms with Crippen molar-refractivity contribution in [1.29, 1.82) is 0 Å². The molecule has 0 aromatic heterocycles. The lowest BCUT2D eigenvalue weighted by atomic mass is 10.00. The van der Waals surface area contributed by atoms with Crippen molar-refractivity contribution in [3.63, 3.8) is 0 Å².